The summed E-state index contributed by atoms with van der Waals surface area (Å²) in [4.78, 5) is 0. The predicted octanol–water partition coefficient (Wildman–Crippen LogP) is 2.22. The maximum absolute atomic E-state index is 12.2. The lowest BCUT2D eigenvalue weighted by atomic mass is 9.94. The topological polar surface area (TPSA) is 49.4 Å². The highest BCUT2D eigenvalue weighted by atomic mass is 32.2. The van der Waals surface area contributed by atoms with E-state index in [2.05, 4.69) is 26.1 Å². The lowest BCUT2D eigenvalue weighted by molar-refractivity contribution is 0.262. The Balaban J connectivity index is 2.30. The summed E-state index contributed by atoms with van der Waals surface area (Å²) in [5, 5.41) is 3.26. The van der Waals surface area contributed by atoms with Gasteiger partial charge in [0.25, 0.3) is 0 Å². The van der Waals surface area contributed by atoms with Crippen LogP contribution in [0.4, 0.5) is 0 Å². The first kappa shape index (κ1) is 16.9. The van der Waals surface area contributed by atoms with E-state index >= 15 is 0 Å². The summed E-state index contributed by atoms with van der Waals surface area (Å²) >= 11 is 0. The van der Waals surface area contributed by atoms with E-state index in [0.29, 0.717) is 12.5 Å². The van der Waals surface area contributed by atoms with Crippen LogP contribution in [0.15, 0.2) is 0 Å². The van der Waals surface area contributed by atoms with E-state index < -0.39 is 10.0 Å². The molecule has 0 aliphatic carbocycles. The van der Waals surface area contributed by atoms with Crippen LogP contribution < -0.4 is 5.32 Å². The number of sulfonamides is 1. The average Bonchev–Trinajstić information content (AvgIpc) is 2.36. The molecule has 114 valence electrons. The van der Waals surface area contributed by atoms with Crippen molar-refractivity contribution in [3.05, 3.63) is 0 Å². The molecule has 1 aliphatic rings. The molecule has 0 radical (unpaired) electrons. The van der Waals surface area contributed by atoms with Gasteiger partial charge in [-0.2, -0.15) is 0 Å². The van der Waals surface area contributed by atoms with Crippen molar-refractivity contribution in [1.82, 2.24) is 9.62 Å². The lowest BCUT2D eigenvalue weighted by Gasteiger charge is -2.31. The number of nitrogens with one attached hydrogen (secondary N) is 1. The number of hydrogen-bond donors (Lipinski definition) is 1. The minimum Gasteiger partial charge on any atom is -0.314 e. The normalized spacial score (nSPS) is 19.2. The predicted molar refractivity (Wildman–Crippen MR) is 80.7 cm³/mol. The van der Waals surface area contributed by atoms with Crippen molar-refractivity contribution in [2.45, 2.75) is 58.9 Å². The van der Waals surface area contributed by atoms with Gasteiger partial charge in [-0.05, 0) is 31.7 Å². The second kappa shape index (κ2) is 8.22. The quantitative estimate of drug-likeness (QED) is 0.697. The van der Waals surface area contributed by atoms with Gasteiger partial charge in [0.2, 0.25) is 10.0 Å². The van der Waals surface area contributed by atoms with Gasteiger partial charge in [0.15, 0.2) is 0 Å². The molecule has 0 aromatic carbocycles. The van der Waals surface area contributed by atoms with Gasteiger partial charge in [-0.15, -0.1) is 0 Å². The first-order valence-corrected chi connectivity index (χ1v) is 9.27. The first-order valence-electron chi connectivity index (χ1n) is 7.67. The van der Waals surface area contributed by atoms with E-state index in [-0.39, 0.29) is 5.75 Å². The fraction of sp³-hybridized carbons (Fsp3) is 1.00. The van der Waals surface area contributed by atoms with Gasteiger partial charge in [0.05, 0.1) is 5.75 Å². The molecule has 1 aliphatic heterocycles. The van der Waals surface area contributed by atoms with Gasteiger partial charge < -0.3 is 5.32 Å². The Morgan fingerprint density at radius 3 is 2.42 bits per heavy atom. The third-order valence-corrected chi connectivity index (χ3v) is 5.75. The smallest absolute Gasteiger partial charge is 0.214 e. The monoisotopic (exact) mass is 290 g/mol. The van der Waals surface area contributed by atoms with Crippen LogP contribution in [0.3, 0.4) is 0 Å². The molecule has 0 aromatic rings. The highest BCUT2D eigenvalue weighted by Gasteiger charge is 2.26. The third kappa shape index (κ3) is 6.23. The van der Waals surface area contributed by atoms with E-state index in [1.807, 2.05) is 0 Å². The summed E-state index contributed by atoms with van der Waals surface area (Å²) in [5.41, 5.74) is 0. The Morgan fingerprint density at radius 2 is 1.89 bits per heavy atom. The third-order valence-electron chi connectivity index (χ3n) is 3.80. The maximum Gasteiger partial charge on any atom is 0.214 e. The van der Waals surface area contributed by atoms with Crippen LogP contribution in [-0.2, 0) is 10.0 Å². The summed E-state index contributed by atoms with van der Waals surface area (Å²) in [5.74, 6) is 1.02. The van der Waals surface area contributed by atoms with E-state index in [9.17, 15) is 8.42 Å². The zero-order valence-corrected chi connectivity index (χ0v) is 13.5. The molecular formula is C14H30N2O2S. The molecule has 1 heterocycles. The molecule has 0 saturated carbocycles. The molecule has 0 unspecified atom stereocenters. The van der Waals surface area contributed by atoms with Crippen LogP contribution in [0.2, 0.25) is 0 Å². The number of nitrogens with zero attached hydrogens (tertiary/aromatic N) is 1. The molecule has 4 nitrogen and oxygen atoms in total. The van der Waals surface area contributed by atoms with Gasteiger partial charge in [-0.25, -0.2) is 12.7 Å². The van der Waals surface area contributed by atoms with E-state index in [1.54, 1.807) is 4.31 Å². The van der Waals surface area contributed by atoms with Crippen LogP contribution in [0.5, 0.6) is 0 Å². The zero-order valence-electron chi connectivity index (χ0n) is 12.7. The fourth-order valence-electron chi connectivity index (χ4n) is 2.66. The molecule has 0 amide bonds. The van der Waals surface area contributed by atoms with Gasteiger partial charge in [-0.1, -0.05) is 33.6 Å². The largest absolute Gasteiger partial charge is 0.314 e. The number of hydrogen-bond acceptors (Lipinski definition) is 3. The standard InChI is InChI=1S/C14H30N2O2S/c1-4-6-14-7-10-16(11-8-14)19(17,18)12-5-9-15-13(2)3/h13-15H,4-12H2,1-3H3. The lowest BCUT2D eigenvalue weighted by Crippen LogP contribution is -2.40. The SMILES string of the molecule is CCCC1CCN(S(=O)(=O)CCCNC(C)C)CC1. The number of rotatable bonds is 8. The van der Waals surface area contributed by atoms with Crippen molar-refractivity contribution in [3.63, 3.8) is 0 Å². The molecule has 0 atom stereocenters. The summed E-state index contributed by atoms with van der Waals surface area (Å²) in [6.45, 7) is 8.59. The van der Waals surface area contributed by atoms with Gasteiger partial charge in [0.1, 0.15) is 0 Å². The van der Waals surface area contributed by atoms with Crippen LogP contribution in [0.25, 0.3) is 0 Å². The Kier molecular flexibility index (Phi) is 7.32. The van der Waals surface area contributed by atoms with Gasteiger partial charge in [0, 0.05) is 19.1 Å². The van der Waals surface area contributed by atoms with Crippen LogP contribution >= 0.6 is 0 Å². The van der Waals surface area contributed by atoms with E-state index in [4.69, 9.17) is 0 Å². The first-order chi connectivity index (χ1) is 8.95. The van der Waals surface area contributed by atoms with Crippen molar-refractivity contribution in [2.24, 2.45) is 5.92 Å². The van der Waals surface area contributed by atoms with Gasteiger partial charge in [-0.3, -0.25) is 0 Å². The fourth-order valence-corrected chi connectivity index (χ4v) is 4.19. The highest BCUT2D eigenvalue weighted by Crippen LogP contribution is 2.23. The molecule has 0 aromatic heterocycles. The van der Waals surface area contributed by atoms with Gasteiger partial charge >= 0.3 is 0 Å². The molecule has 1 rings (SSSR count). The summed E-state index contributed by atoms with van der Waals surface area (Å²) in [7, 11) is -3.03. The van der Waals surface area contributed by atoms with Crippen molar-refractivity contribution < 1.29 is 8.42 Å². The second-order valence-electron chi connectivity index (χ2n) is 5.91. The Morgan fingerprint density at radius 1 is 1.26 bits per heavy atom. The Bertz CT molecular complexity index is 333. The van der Waals surface area contributed by atoms with E-state index in [0.717, 1.165) is 38.4 Å². The Hall–Kier alpha value is -0.130. The molecule has 19 heavy (non-hydrogen) atoms. The summed E-state index contributed by atoms with van der Waals surface area (Å²) in [6, 6.07) is 0.424. The van der Waals surface area contributed by atoms with Crippen molar-refractivity contribution >= 4 is 10.0 Å². The van der Waals surface area contributed by atoms with Crippen LogP contribution in [0.1, 0.15) is 52.9 Å². The molecule has 0 bridgehead atoms. The zero-order chi connectivity index (χ0) is 14.3. The molecule has 5 heteroatoms. The maximum atomic E-state index is 12.2. The van der Waals surface area contributed by atoms with E-state index in [1.165, 1.54) is 12.8 Å². The molecule has 0 spiro atoms. The second-order valence-corrected chi connectivity index (χ2v) is 8.00. The molecule has 1 N–H and O–H groups in total. The molecular weight excluding hydrogens is 260 g/mol. The molecule has 1 saturated heterocycles. The highest BCUT2D eigenvalue weighted by molar-refractivity contribution is 7.89. The van der Waals surface area contributed by atoms with Crippen molar-refractivity contribution in [1.29, 1.82) is 0 Å². The Labute approximate surface area is 119 Å². The summed E-state index contributed by atoms with van der Waals surface area (Å²) < 4.78 is 26.1. The van der Waals surface area contributed by atoms with Crippen LogP contribution in [0, 0.1) is 5.92 Å². The average molecular weight is 290 g/mol. The summed E-state index contributed by atoms with van der Waals surface area (Å²) in [6.07, 6.45) is 5.23. The van der Waals surface area contributed by atoms with Crippen molar-refractivity contribution in [3.8, 4) is 0 Å². The van der Waals surface area contributed by atoms with Crippen molar-refractivity contribution in [2.75, 3.05) is 25.4 Å². The molecule has 1 fully saturated rings. The minimum absolute atomic E-state index is 0.283. The minimum atomic E-state index is -3.03. The van der Waals surface area contributed by atoms with Crippen LogP contribution in [-0.4, -0.2) is 44.2 Å². The number of piperidine rings is 1.